The summed E-state index contributed by atoms with van der Waals surface area (Å²) in [5.41, 5.74) is 3.35. The normalized spacial score (nSPS) is 14.1. The topological polar surface area (TPSA) is 38.7 Å². The molecule has 0 amide bonds. The zero-order valence-electron chi connectivity index (χ0n) is 14.6. The van der Waals surface area contributed by atoms with Gasteiger partial charge < -0.3 is 13.9 Å². The minimum absolute atomic E-state index is 0.0122. The van der Waals surface area contributed by atoms with Gasteiger partial charge in [-0.25, -0.2) is 0 Å². The Bertz CT molecular complexity index is 484. The molecule has 0 aliphatic carbocycles. The summed E-state index contributed by atoms with van der Waals surface area (Å²) in [5.74, 6) is 0.761. The first-order valence-corrected chi connectivity index (χ1v) is 8.56. The molecular formula is C17H29O3P. The van der Waals surface area contributed by atoms with E-state index in [9.17, 15) is 4.89 Å². The van der Waals surface area contributed by atoms with Crippen molar-refractivity contribution < 1.29 is 13.9 Å². The highest BCUT2D eigenvalue weighted by Crippen LogP contribution is 2.46. The predicted octanol–water partition coefficient (Wildman–Crippen LogP) is 5.22. The Morgan fingerprint density at radius 2 is 1.62 bits per heavy atom. The fourth-order valence-corrected chi connectivity index (χ4v) is 3.05. The number of hydrogen-bond acceptors (Lipinski definition) is 3. The van der Waals surface area contributed by atoms with E-state index in [2.05, 4.69) is 53.7 Å². The van der Waals surface area contributed by atoms with Crippen LogP contribution in [0.2, 0.25) is 0 Å². The molecule has 0 bridgehead atoms. The third-order valence-electron chi connectivity index (χ3n) is 3.32. The zero-order chi connectivity index (χ0) is 16.4. The van der Waals surface area contributed by atoms with Gasteiger partial charge in [0.25, 0.3) is 0 Å². The smallest absolute Gasteiger partial charge is 0.394 e. The Labute approximate surface area is 130 Å². The van der Waals surface area contributed by atoms with Crippen LogP contribution in [0.1, 0.15) is 65.2 Å². The average molecular weight is 312 g/mol. The molecule has 0 radical (unpaired) electrons. The molecule has 0 aromatic heterocycles. The Balaban J connectivity index is 3.47. The summed E-state index contributed by atoms with van der Waals surface area (Å²) in [4.78, 5) is 9.93. The van der Waals surface area contributed by atoms with Gasteiger partial charge in [0.15, 0.2) is 0 Å². The molecule has 0 aliphatic heterocycles. The fraction of sp³-hybridized carbons (Fsp3) is 0.647. The van der Waals surface area contributed by atoms with E-state index < -0.39 is 8.60 Å². The van der Waals surface area contributed by atoms with E-state index in [0.29, 0.717) is 6.61 Å². The van der Waals surface area contributed by atoms with E-state index >= 15 is 0 Å². The van der Waals surface area contributed by atoms with Crippen LogP contribution in [-0.2, 0) is 15.4 Å². The summed E-state index contributed by atoms with van der Waals surface area (Å²) in [6.45, 7) is 17.4. The van der Waals surface area contributed by atoms with Gasteiger partial charge in [0.1, 0.15) is 5.75 Å². The van der Waals surface area contributed by atoms with Crippen molar-refractivity contribution in [3.8, 4) is 5.75 Å². The van der Waals surface area contributed by atoms with E-state index in [0.717, 1.165) is 16.9 Å². The number of rotatable bonds is 4. The third kappa shape index (κ3) is 4.67. The van der Waals surface area contributed by atoms with E-state index in [1.807, 2.05) is 13.8 Å². The van der Waals surface area contributed by atoms with Gasteiger partial charge in [-0.05, 0) is 35.8 Å². The van der Waals surface area contributed by atoms with E-state index in [1.165, 1.54) is 5.56 Å². The lowest BCUT2D eigenvalue weighted by atomic mass is 9.74. The maximum atomic E-state index is 9.93. The SMILES string of the molecule is CCOP(O)Oc1c(C)ccc(C(C)(C)C)c1C(C)(C)C. The summed E-state index contributed by atoms with van der Waals surface area (Å²) >= 11 is 0. The molecule has 0 saturated carbocycles. The molecule has 4 heteroatoms. The standard InChI is InChI=1S/C17H29O3P/c1-9-19-21(18)20-15-12(2)10-11-13(16(3,4)5)14(15)17(6,7)8/h10-11,18H,9H2,1-8H3. The molecule has 0 heterocycles. The molecule has 0 fully saturated rings. The minimum atomic E-state index is -1.88. The third-order valence-corrected chi connectivity index (χ3v) is 4.14. The molecule has 1 aromatic rings. The van der Waals surface area contributed by atoms with Crippen LogP contribution in [-0.4, -0.2) is 11.5 Å². The minimum Gasteiger partial charge on any atom is -0.426 e. The molecule has 1 aromatic carbocycles. The highest BCUT2D eigenvalue weighted by atomic mass is 31.2. The van der Waals surface area contributed by atoms with Gasteiger partial charge in [-0.15, -0.1) is 0 Å². The summed E-state index contributed by atoms with van der Waals surface area (Å²) in [7, 11) is -1.88. The molecule has 3 nitrogen and oxygen atoms in total. The second-order valence-corrected chi connectivity index (χ2v) is 8.30. The molecule has 1 rings (SSSR count). The van der Waals surface area contributed by atoms with Crippen LogP contribution in [0.5, 0.6) is 5.75 Å². The number of benzene rings is 1. The first-order valence-electron chi connectivity index (χ1n) is 7.43. The summed E-state index contributed by atoms with van der Waals surface area (Å²) < 4.78 is 11.0. The van der Waals surface area contributed by atoms with Gasteiger partial charge in [-0.1, -0.05) is 53.7 Å². The average Bonchev–Trinajstić information content (AvgIpc) is 2.28. The lowest BCUT2D eigenvalue weighted by molar-refractivity contribution is 0.272. The van der Waals surface area contributed by atoms with Crippen molar-refractivity contribution in [1.29, 1.82) is 0 Å². The maximum absolute atomic E-state index is 9.93. The van der Waals surface area contributed by atoms with Crippen LogP contribution in [0, 0.1) is 6.92 Å². The van der Waals surface area contributed by atoms with Crippen molar-refractivity contribution in [1.82, 2.24) is 0 Å². The van der Waals surface area contributed by atoms with Crippen molar-refractivity contribution in [2.75, 3.05) is 6.61 Å². The molecule has 120 valence electrons. The van der Waals surface area contributed by atoms with Gasteiger partial charge in [-0.3, -0.25) is 0 Å². The second-order valence-electron chi connectivity index (χ2n) is 7.38. The largest absolute Gasteiger partial charge is 0.426 e. The van der Waals surface area contributed by atoms with E-state index in [1.54, 1.807) is 0 Å². The van der Waals surface area contributed by atoms with Crippen LogP contribution in [0.25, 0.3) is 0 Å². The Morgan fingerprint density at radius 1 is 1.05 bits per heavy atom. The number of hydrogen-bond donors (Lipinski definition) is 1. The van der Waals surface area contributed by atoms with Crippen molar-refractivity contribution in [2.45, 2.75) is 66.2 Å². The van der Waals surface area contributed by atoms with Crippen molar-refractivity contribution in [2.24, 2.45) is 0 Å². The van der Waals surface area contributed by atoms with Crippen molar-refractivity contribution in [3.63, 3.8) is 0 Å². The molecular weight excluding hydrogens is 283 g/mol. The summed E-state index contributed by atoms with van der Waals surface area (Å²) in [6, 6.07) is 4.23. The first-order chi connectivity index (χ1) is 9.48. The van der Waals surface area contributed by atoms with E-state index in [4.69, 9.17) is 9.05 Å². The van der Waals surface area contributed by atoms with Gasteiger partial charge in [0, 0.05) is 5.56 Å². The van der Waals surface area contributed by atoms with Crippen LogP contribution >= 0.6 is 8.60 Å². The molecule has 0 spiro atoms. The Kier molecular flexibility index (Phi) is 5.83. The lowest BCUT2D eigenvalue weighted by Gasteiger charge is -2.33. The van der Waals surface area contributed by atoms with Gasteiger partial charge in [-0.2, -0.15) is 0 Å². The van der Waals surface area contributed by atoms with Crippen molar-refractivity contribution in [3.05, 3.63) is 28.8 Å². The molecule has 0 saturated heterocycles. The Morgan fingerprint density at radius 3 is 2.05 bits per heavy atom. The molecule has 0 aliphatic rings. The van der Waals surface area contributed by atoms with Gasteiger partial charge in [0.05, 0.1) is 6.61 Å². The summed E-state index contributed by atoms with van der Waals surface area (Å²) in [6.07, 6.45) is 0. The van der Waals surface area contributed by atoms with E-state index in [-0.39, 0.29) is 10.8 Å². The second kappa shape index (κ2) is 6.64. The van der Waals surface area contributed by atoms with Crippen molar-refractivity contribution >= 4 is 8.60 Å². The lowest BCUT2D eigenvalue weighted by Crippen LogP contribution is -2.23. The maximum Gasteiger partial charge on any atom is 0.394 e. The quantitative estimate of drug-likeness (QED) is 0.774. The molecule has 21 heavy (non-hydrogen) atoms. The molecule has 1 N–H and O–H groups in total. The monoisotopic (exact) mass is 312 g/mol. The van der Waals surface area contributed by atoms with Gasteiger partial charge in [0.2, 0.25) is 0 Å². The first kappa shape index (κ1) is 18.4. The van der Waals surface area contributed by atoms with Crippen LogP contribution < -0.4 is 4.52 Å². The molecule has 1 unspecified atom stereocenters. The fourth-order valence-electron chi connectivity index (χ4n) is 2.39. The zero-order valence-corrected chi connectivity index (χ0v) is 15.5. The highest BCUT2D eigenvalue weighted by Gasteiger charge is 2.30. The van der Waals surface area contributed by atoms with Gasteiger partial charge >= 0.3 is 8.60 Å². The predicted molar refractivity (Wildman–Crippen MR) is 90.0 cm³/mol. The summed E-state index contributed by atoms with van der Waals surface area (Å²) in [5, 5.41) is 0. The highest BCUT2D eigenvalue weighted by molar-refractivity contribution is 7.41. The Hall–Kier alpha value is -0.630. The number of aryl methyl sites for hydroxylation is 1. The molecule has 1 atom stereocenters. The van der Waals surface area contributed by atoms with Crippen LogP contribution in [0.3, 0.4) is 0 Å². The van der Waals surface area contributed by atoms with Crippen LogP contribution in [0.4, 0.5) is 0 Å². The van der Waals surface area contributed by atoms with Crippen LogP contribution in [0.15, 0.2) is 12.1 Å².